The monoisotopic (exact) mass is 721 g/mol. The molecule has 0 aromatic carbocycles. The van der Waals surface area contributed by atoms with E-state index in [0.29, 0.717) is 0 Å². The predicted molar refractivity (Wildman–Crippen MR) is 150 cm³/mol. The van der Waals surface area contributed by atoms with Gasteiger partial charge in [0.25, 0.3) is 0 Å². The number of hydrogen-bond donors (Lipinski definition) is 13. The summed E-state index contributed by atoms with van der Waals surface area (Å²) < 4.78 is 43.9. The summed E-state index contributed by atoms with van der Waals surface area (Å²) in [6, 6.07) is -1.51. The summed E-state index contributed by atoms with van der Waals surface area (Å²) in [5.41, 5.74) is 0. The van der Waals surface area contributed by atoms with E-state index in [4.69, 9.17) is 37.9 Å². The van der Waals surface area contributed by atoms with Crippen LogP contribution in [0.3, 0.4) is 0 Å². The van der Waals surface area contributed by atoms with Crippen LogP contribution < -0.4 is 5.32 Å². The number of nitrogens with one attached hydrogen (secondary N) is 1. The van der Waals surface area contributed by atoms with Crippen LogP contribution in [0.15, 0.2) is 0 Å². The number of carbonyl (C=O) groups excluding carboxylic acids is 1. The molecule has 1 amide bonds. The van der Waals surface area contributed by atoms with Gasteiger partial charge in [0, 0.05) is 14.0 Å². The summed E-state index contributed by atoms with van der Waals surface area (Å²) in [7, 11) is 1.23. The van der Waals surface area contributed by atoms with Crippen LogP contribution in [0.5, 0.6) is 0 Å². The van der Waals surface area contributed by atoms with E-state index in [1.807, 2.05) is 0 Å². The number of methoxy groups -OCH3 is 1. The van der Waals surface area contributed by atoms with E-state index in [0.717, 1.165) is 6.92 Å². The van der Waals surface area contributed by atoms with Crippen molar-refractivity contribution in [3.8, 4) is 0 Å². The van der Waals surface area contributed by atoms with Crippen LogP contribution in [0.25, 0.3) is 0 Å². The lowest BCUT2D eigenvalue weighted by Crippen LogP contribution is -2.68. The predicted octanol–water partition coefficient (Wildman–Crippen LogP) is -8.95. The van der Waals surface area contributed by atoms with Crippen molar-refractivity contribution in [1.29, 1.82) is 0 Å². The molecular formula is C27H47NO21. The molecule has 0 aliphatic carbocycles. The second kappa shape index (κ2) is 17.5. The minimum atomic E-state index is -2.05. The van der Waals surface area contributed by atoms with Crippen molar-refractivity contribution >= 4 is 5.91 Å². The highest BCUT2D eigenvalue weighted by Gasteiger charge is 2.54. The minimum absolute atomic E-state index is 0.622. The molecule has 4 rings (SSSR count). The van der Waals surface area contributed by atoms with Gasteiger partial charge >= 0.3 is 0 Å². The van der Waals surface area contributed by atoms with Crippen LogP contribution in [0, 0.1) is 0 Å². The van der Waals surface area contributed by atoms with Crippen molar-refractivity contribution in [2.24, 2.45) is 0 Å². The highest BCUT2D eigenvalue weighted by atomic mass is 16.8. The topological polar surface area (TPSA) is 346 Å². The fourth-order valence-corrected chi connectivity index (χ4v) is 6.09. The lowest BCUT2D eigenvalue weighted by Gasteiger charge is -2.49. The van der Waals surface area contributed by atoms with Crippen LogP contribution in [0.1, 0.15) is 6.92 Å². The van der Waals surface area contributed by atoms with E-state index in [9.17, 15) is 66.1 Å². The number of amides is 1. The summed E-state index contributed by atoms with van der Waals surface area (Å²) in [6.45, 7) is -1.90. The molecule has 4 fully saturated rings. The average molecular weight is 722 g/mol. The Balaban J connectivity index is 1.53. The zero-order chi connectivity index (χ0) is 36.3. The molecule has 49 heavy (non-hydrogen) atoms. The van der Waals surface area contributed by atoms with Gasteiger partial charge in [-0.2, -0.15) is 0 Å². The molecule has 0 aromatic rings. The largest absolute Gasteiger partial charge is 0.394 e. The van der Waals surface area contributed by atoms with Gasteiger partial charge in [-0.25, -0.2) is 0 Å². The van der Waals surface area contributed by atoms with Crippen LogP contribution >= 0.6 is 0 Å². The minimum Gasteiger partial charge on any atom is -0.394 e. The van der Waals surface area contributed by atoms with Crippen LogP contribution in [0.4, 0.5) is 0 Å². The van der Waals surface area contributed by atoms with Crippen LogP contribution in [0.2, 0.25) is 0 Å². The summed E-state index contributed by atoms with van der Waals surface area (Å²) in [5, 5.41) is 127. The molecule has 0 bridgehead atoms. The van der Waals surface area contributed by atoms with Gasteiger partial charge < -0.3 is 104 Å². The van der Waals surface area contributed by atoms with Gasteiger partial charge in [0.05, 0.1) is 26.4 Å². The Morgan fingerprint density at radius 3 is 1.67 bits per heavy atom. The van der Waals surface area contributed by atoms with Crippen molar-refractivity contribution in [2.45, 2.75) is 130 Å². The smallest absolute Gasteiger partial charge is 0.217 e. The van der Waals surface area contributed by atoms with E-state index in [1.165, 1.54) is 7.11 Å². The SMILES string of the molecule is CO[C@H]1[C@H](O)[C@H](O)[C@@H](OC[C@H]2OC(O)[C@@H](O)[C@@H](O[C@H]3O[C@H](CO)[C@@H](O)[C@H](O)[C@@H]3O[C@@H]3O[C@H](CO)[C@@H](O)[C@H](O)[C@H]3NC(C)=O)[C@@H]2O)O[C@@H]1CO. The third kappa shape index (κ3) is 8.66. The number of aliphatic hydroxyl groups is 12. The van der Waals surface area contributed by atoms with E-state index < -0.39 is 155 Å². The lowest BCUT2D eigenvalue weighted by atomic mass is 9.95. The quantitative estimate of drug-likeness (QED) is 0.0889. The number of carbonyl (C=O) groups is 1. The number of rotatable bonds is 12. The van der Waals surface area contributed by atoms with Crippen molar-refractivity contribution in [1.82, 2.24) is 5.32 Å². The first kappa shape index (κ1) is 40.4. The second-order valence-electron chi connectivity index (χ2n) is 12.1. The van der Waals surface area contributed by atoms with Gasteiger partial charge in [-0.15, -0.1) is 0 Å². The highest BCUT2D eigenvalue weighted by Crippen LogP contribution is 2.33. The number of aliphatic hydroxyl groups excluding tert-OH is 12. The Morgan fingerprint density at radius 1 is 0.571 bits per heavy atom. The second-order valence-corrected chi connectivity index (χ2v) is 12.1. The maximum atomic E-state index is 11.9. The Bertz CT molecular complexity index is 1040. The summed E-state index contributed by atoms with van der Waals surface area (Å²) in [5.74, 6) is -0.703. The van der Waals surface area contributed by atoms with Crippen LogP contribution in [-0.4, -0.2) is 223 Å². The van der Waals surface area contributed by atoms with Gasteiger partial charge in [-0.1, -0.05) is 0 Å². The average Bonchev–Trinajstić information content (AvgIpc) is 3.07. The molecule has 286 valence electrons. The van der Waals surface area contributed by atoms with E-state index >= 15 is 0 Å². The van der Waals surface area contributed by atoms with Crippen molar-refractivity contribution in [2.75, 3.05) is 33.5 Å². The van der Waals surface area contributed by atoms with Gasteiger partial charge in [0.2, 0.25) is 5.91 Å². The summed E-state index contributed by atoms with van der Waals surface area (Å²) in [4.78, 5) is 11.9. The molecule has 0 saturated carbocycles. The summed E-state index contributed by atoms with van der Waals surface area (Å²) in [6.07, 6.45) is -32.2. The van der Waals surface area contributed by atoms with Crippen molar-refractivity contribution in [3.63, 3.8) is 0 Å². The Morgan fingerprint density at radius 2 is 1.10 bits per heavy atom. The molecule has 4 heterocycles. The van der Waals surface area contributed by atoms with Gasteiger partial charge in [-0.3, -0.25) is 4.79 Å². The zero-order valence-electron chi connectivity index (χ0n) is 26.4. The van der Waals surface area contributed by atoms with Crippen LogP contribution in [-0.2, 0) is 42.7 Å². The molecule has 20 atom stereocenters. The number of ether oxygens (including phenoxy) is 8. The maximum absolute atomic E-state index is 11.9. The van der Waals surface area contributed by atoms with E-state index in [-0.39, 0.29) is 0 Å². The molecule has 4 aliphatic rings. The highest BCUT2D eigenvalue weighted by molar-refractivity contribution is 5.73. The molecule has 22 heteroatoms. The van der Waals surface area contributed by atoms with Gasteiger partial charge in [-0.05, 0) is 0 Å². The van der Waals surface area contributed by atoms with E-state index in [1.54, 1.807) is 0 Å². The normalized spacial score (nSPS) is 49.4. The Hall–Kier alpha value is -1.33. The first-order chi connectivity index (χ1) is 23.2. The molecule has 0 radical (unpaired) electrons. The number of hydrogen-bond acceptors (Lipinski definition) is 21. The van der Waals surface area contributed by atoms with Gasteiger partial charge in [0.15, 0.2) is 25.2 Å². The van der Waals surface area contributed by atoms with Crippen molar-refractivity contribution < 1.29 is 104 Å². The maximum Gasteiger partial charge on any atom is 0.217 e. The fourth-order valence-electron chi connectivity index (χ4n) is 6.09. The van der Waals surface area contributed by atoms with Crippen molar-refractivity contribution in [3.05, 3.63) is 0 Å². The molecule has 4 aliphatic heterocycles. The molecule has 13 N–H and O–H groups in total. The molecule has 0 spiro atoms. The third-order valence-electron chi connectivity index (χ3n) is 8.84. The molecule has 0 aromatic heterocycles. The zero-order valence-corrected chi connectivity index (χ0v) is 26.4. The molecule has 22 nitrogen and oxygen atoms in total. The van der Waals surface area contributed by atoms with Gasteiger partial charge in [0.1, 0.15) is 97.6 Å². The Labute approximate surface area is 278 Å². The fraction of sp³-hybridized carbons (Fsp3) is 0.963. The summed E-state index contributed by atoms with van der Waals surface area (Å²) >= 11 is 0. The molecular weight excluding hydrogens is 674 g/mol. The first-order valence-corrected chi connectivity index (χ1v) is 15.5. The Kier molecular flexibility index (Phi) is 14.4. The first-order valence-electron chi connectivity index (χ1n) is 15.5. The lowest BCUT2D eigenvalue weighted by molar-refractivity contribution is -0.383. The molecule has 4 saturated heterocycles. The molecule has 1 unspecified atom stereocenters. The third-order valence-corrected chi connectivity index (χ3v) is 8.84. The van der Waals surface area contributed by atoms with E-state index in [2.05, 4.69) is 5.32 Å². The standard InChI is InChI=1S/C27H47NO21/c1-7(32)28-12-16(36)13(33)8(3-29)45-25(12)49-23-17(37)14(34)9(4-30)46-27(23)48-22-15(35)11(44-24(41)20(22)40)6-43-26-19(39)18(38)21(42-2)10(5-31)47-26/h8-27,29-31,33-41H,3-6H2,1-2H3,(H,28,32)/t8-,9-,10-,11-,12-,13-,14-,15-,16-,17+,18-,19+,20+,21-,22+,23+,24?,25+,26+,27-/m1/s1.